The van der Waals surface area contributed by atoms with Crippen LogP contribution in [-0.4, -0.2) is 22.2 Å². The predicted octanol–water partition coefficient (Wildman–Crippen LogP) is 3.85. The van der Waals surface area contributed by atoms with Gasteiger partial charge in [0.25, 0.3) is 5.91 Å². The largest absolute Gasteiger partial charge is 0.471 e. The van der Waals surface area contributed by atoms with Gasteiger partial charge in [-0.25, -0.2) is 4.68 Å². The first-order valence-corrected chi connectivity index (χ1v) is 8.62. The van der Waals surface area contributed by atoms with E-state index in [1.807, 2.05) is 26.0 Å². The summed E-state index contributed by atoms with van der Waals surface area (Å²) in [5.41, 5.74) is 2.66. The molecule has 5 nitrogen and oxygen atoms in total. The van der Waals surface area contributed by atoms with Crippen LogP contribution in [0.3, 0.4) is 0 Å². The first-order chi connectivity index (χ1) is 11.6. The lowest BCUT2D eigenvalue weighted by Crippen LogP contribution is -2.25. The highest BCUT2D eigenvalue weighted by Crippen LogP contribution is 2.19. The molecule has 0 spiro atoms. The van der Waals surface area contributed by atoms with Gasteiger partial charge in [-0.3, -0.25) is 4.79 Å². The maximum atomic E-state index is 12.0. The average molecular weight is 329 g/mol. The zero-order valence-corrected chi connectivity index (χ0v) is 14.8. The number of aryl methyl sites for hydroxylation is 2. The molecule has 130 valence electrons. The number of benzene rings is 1. The second kappa shape index (κ2) is 9.11. The summed E-state index contributed by atoms with van der Waals surface area (Å²) in [4.78, 5) is 12.0. The van der Waals surface area contributed by atoms with Gasteiger partial charge in [-0.1, -0.05) is 38.3 Å². The van der Waals surface area contributed by atoms with Gasteiger partial charge in [0, 0.05) is 12.7 Å². The van der Waals surface area contributed by atoms with Crippen LogP contribution in [0.15, 0.2) is 30.5 Å². The Hall–Kier alpha value is -2.30. The lowest BCUT2D eigenvalue weighted by molar-refractivity contribution is 0.0946. The Bertz CT molecular complexity index is 664. The molecule has 0 bridgehead atoms. The summed E-state index contributed by atoms with van der Waals surface area (Å²) >= 11 is 0. The minimum absolute atomic E-state index is 0.128. The van der Waals surface area contributed by atoms with Crippen LogP contribution in [0.1, 0.15) is 54.2 Å². The van der Waals surface area contributed by atoms with Crippen LogP contribution >= 0.6 is 0 Å². The maximum Gasteiger partial charge on any atom is 0.271 e. The van der Waals surface area contributed by atoms with Crippen LogP contribution in [0, 0.1) is 13.8 Å². The van der Waals surface area contributed by atoms with Crippen molar-refractivity contribution in [2.75, 3.05) is 6.54 Å². The van der Waals surface area contributed by atoms with Crippen molar-refractivity contribution < 1.29 is 9.53 Å². The summed E-state index contributed by atoms with van der Waals surface area (Å²) in [6.07, 6.45) is 6.32. The lowest BCUT2D eigenvalue weighted by atomic mass is 10.1. The molecule has 1 N–H and O–H groups in total. The number of amides is 1. The second-order valence-electron chi connectivity index (χ2n) is 6.10. The molecule has 24 heavy (non-hydrogen) atoms. The highest BCUT2D eigenvalue weighted by Gasteiger charge is 2.09. The van der Waals surface area contributed by atoms with Crippen LogP contribution in [0.4, 0.5) is 0 Å². The Morgan fingerprint density at radius 3 is 2.83 bits per heavy atom. The highest BCUT2D eigenvalue weighted by atomic mass is 16.5. The Kier molecular flexibility index (Phi) is 6.85. The molecule has 0 saturated carbocycles. The van der Waals surface area contributed by atoms with E-state index >= 15 is 0 Å². The van der Waals surface area contributed by atoms with Gasteiger partial charge in [-0.2, -0.15) is 5.10 Å². The molecule has 0 atom stereocenters. The van der Waals surface area contributed by atoms with E-state index in [1.165, 1.54) is 12.8 Å². The van der Waals surface area contributed by atoms with E-state index in [9.17, 15) is 4.79 Å². The number of hydrogen-bond donors (Lipinski definition) is 1. The van der Waals surface area contributed by atoms with Crippen molar-refractivity contribution in [3.8, 4) is 5.75 Å². The quantitative estimate of drug-likeness (QED) is 0.711. The Morgan fingerprint density at radius 2 is 2.04 bits per heavy atom. The number of ether oxygens (including phenoxy) is 1. The standard InChI is InChI=1S/C19H27N3O2/c1-4-5-6-7-11-20-19(23)17-10-12-22(21-17)14-24-18-13-15(2)8-9-16(18)3/h8-10,12-13H,4-7,11,14H2,1-3H3,(H,20,23). The van der Waals surface area contributed by atoms with Crippen molar-refractivity contribution >= 4 is 5.91 Å². The van der Waals surface area contributed by atoms with Gasteiger partial charge < -0.3 is 10.1 Å². The molecule has 0 fully saturated rings. The summed E-state index contributed by atoms with van der Waals surface area (Å²) in [6, 6.07) is 7.81. The molecule has 0 unspecified atom stereocenters. The molecule has 5 heteroatoms. The van der Waals surface area contributed by atoms with E-state index in [-0.39, 0.29) is 12.6 Å². The van der Waals surface area contributed by atoms with E-state index in [0.29, 0.717) is 12.2 Å². The smallest absolute Gasteiger partial charge is 0.271 e. The van der Waals surface area contributed by atoms with Crippen molar-refractivity contribution in [2.24, 2.45) is 0 Å². The number of aromatic nitrogens is 2. The van der Waals surface area contributed by atoms with Crippen LogP contribution in [-0.2, 0) is 6.73 Å². The zero-order valence-electron chi connectivity index (χ0n) is 14.8. The van der Waals surface area contributed by atoms with Crippen molar-refractivity contribution in [1.82, 2.24) is 15.1 Å². The maximum absolute atomic E-state index is 12.0. The SMILES string of the molecule is CCCCCCNC(=O)c1ccn(COc2cc(C)ccc2C)n1. The van der Waals surface area contributed by atoms with E-state index in [2.05, 4.69) is 23.4 Å². The minimum Gasteiger partial charge on any atom is -0.471 e. The second-order valence-corrected chi connectivity index (χ2v) is 6.10. The van der Waals surface area contributed by atoms with Crippen LogP contribution in [0.2, 0.25) is 0 Å². The molecule has 0 saturated heterocycles. The Balaban J connectivity index is 1.82. The number of unbranched alkanes of at least 4 members (excludes halogenated alkanes) is 3. The normalized spacial score (nSPS) is 10.6. The molecule has 0 radical (unpaired) electrons. The molecule has 1 amide bonds. The van der Waals surface area contributed by atoms with Gasteiger partial charge in [0.1, 0.15) is 11.4 Å². The lowest BCUT2D eigenvalue weighted by Gasteiger charge is -2.09. The summed E-state index contributed by atoms with van der Waals surface area (Å²) < 4.78 is 7.42. The fourth-order valence-electron chi connectivity index (χ4n) is 2.40. The van der Waals surface area contributed by atoms with Crippen LogP contribution < -0.4 is 10.1 Å². The average Bonchev–Trinajstić information content (AvgIpc) is 3.04. The third-order valence-corrected chi connectivity index (χ3v) is 3.89. The van der Waals surface area contributed by atoms with E-state index in [4.69, 9.17) is 4.74 Å². The first kappa shape index (κ1) is 18.0. The van der Waals surface area contributed by atoms with Crippen molar-refractivity contribution in [2.45, 2.75) is 53.2 Å². The van der Waals surface area contributed by atoms with Gasteiger partial charge in [0.2, 0.25) is 0 Å². The molecule has 1 aromatic heterocycles. The van der Waals surface area contributed by atoms with Crippen LogP contribution in [0.25, 0.3) is 0 Å². The summed E-state index contributed by atoms with van der Waals surface area (Å²) in [6.45, 7) is 7.20. The van der Waals surface area contributed by atoms with E-state index < -0.39 is 0 Å². The zero-order chi connectivity index (χ0) is 17.4. The highest BCUT2D eigenvalue weighted by molar-refractivity contribution is 5.92. The predicted molar refractivity (Wildman–Crippen MR) is 95.2 cm³/mol. The first-order valence-electron chi connectivity index (χ1n) is 8.62. The van der Waals surface area contributed by atoms with Gasteiger partial charge in [0.05, 0.1) is 0 Å². The van der Waals surface area contributed by atoms with Crippen molar-refractivity contribution in [1.29, 1.82) is 0 Å². The van der Waals surface area contributed by atoms with E-state index in [1.54, 1.807) is 16.9 Å². The number of carbonyl (C=O) groups excluding carboxylic acids is 1. The third kappa shape index (κ3) is 5.41. The molecule has 1 aromatic carbocycles. The Morgan fingerprint density at radius 1 is 1.21 bits per heavy atom. The molecule has 0 aliphatic rings. The molecule has 1 heterocycles. The van der Waals surface area contributed by atoms with Gasteiger partial charge in [-0.15, -0.1) is 0 Å². The molecule has 0 aliphatic heterocycles. The van der Waals surface area contributed by atoms with Crippen LogP contribution in [0.5, 0.6) is 5.75 Å². The topological polar surface area (TPSA) is 56.2 Å². The van der Waals surface area contributed by atoms with E-state index in [0.717, 1.165) is 29.7 Å². The summed E-state index contributed by atoms with van der Waals surface area (Å²) in [5.74, 6) is 0.712. The number of nitrogens with one attached hydrogen (secondary N) is 1. The van der Waals surface area contributed by atoms with Gasteiger partial charge in [-0.05, 0) is 43.5 Å². The number of rotatable bonds is 9. The minimum atomic E-state index is -0.128. The summed E-state index contributed by atoms with van der Waals surface area (Å²) in [5, 5.41) is 7.18. The summed E-state index contributed by atoms with van der Waals surface area (Å²) in [7, 11) is 0. The third-order valence-electron chi connectivity index (χ3n) is 3.89. The fraction of sp³-hybridized carbons (Fsp3) is 0.474. The number of carbonyl (C=O) groups is 1. The molecular formula is C19H27N3O2. The molecular weight excluding hydrogens is 302 g/mol. The monoisotopic (exact) mass is 329 g/mol. The van der Waals surface area contributed by atoms with Crippen molar-refractivity contribution in [3.63, 3.8) is 0 Å². The fourth-order valence-corrected chi connectivity index (χ4v) is 2.40. The van der Waals surface area contributed by atoms with Gasteiger partial charge >= 0.3 is 0 Å². The number of nitrogens with zero attached hydrogens (tertiary/aromatic N) is 2. The molecule has 2 rings (SSSR count). The molecule has 0 aliphatic carbocycles. The van der Waals surface area contributed by atoms with Crippen molar-refractivity contribution in [3.05, 3.63) is 47.3 Å². The Labute approximate surface area is 144 Å². The van der Waals surface area contributed by atoms with Gasteiger partial charge in [0.15, 0.2) is 6.73 Å². The number of hydrogen-bond acceptors (Lipinski definition) is 3. The molecule has 2 aromatic rings.